The van der Waals surface area contributed by atoms with Crippen LogP contribution in [0.25, 0.3) is 16.9 Å². The van der Waals surface area contributed by atoms with E-state index >= 15 is 0 Å². The number of nitrogens with one attached hydrogen (secondary N) is 1. The monoisotopic (exact) mass is 516 g/mol. The summed E-state index contributed by atoms with van der Waals surface area (Å²) in [6, 6.07) is 9.28. The van der Waals surface area contributed by atoms with Crippen molar-refractivity contribution in [2.75, 3.05) is 0 Å². The van der Waals surface area contributed by atoms with E-state index in [4.69, 9.17) is 0 Å². The van der Waals surface area contributed by atoms with E-state index in [0.29, 0.717) is 23.6 Å². The largest absolute Gasteiger partial charge is 0.351 e. The third-order valence-corrected chi connectivity index (χ3v) is 9.83. The van der Waals surface area contributed by atoms with Gasteiger partial charge in [0.1, 0.15) is 6.20 Å². The third-order valence-electron chi connectivity index (χ3n) is 9.83. The molecular formula is C29H36N6O3. The van der Waals surface area contributed by atoms with Crippen molar-refractivity contribution in [3.63, 3.8) is 0 Å². The van der Waals surface area contributed by atoms with Gasteiger partial charge in [-0.2, -0.15) is 9.78 Å². The van der Waals surface area contributed by atoms with Gasteiger partial charge >= 0.3 is 5.69 Å². The highest BCUT2D eigenvalue weighted by Crippen LogP contribution is 2.48. The number of piperidine rings is 2. The molecule has 4 aliphatic rings. The molecule has 3 unspecified atom stereocenters. The quantitative estimate of drug-likeness (QED) is 0.572. The standard InChI is InChI=1S/C29H36N6O3/c1-17-9-18-11-19(10-17)13-22(12-18)33-20-5-4-6-21(33)15-23(14-20)34-25-8-3-2-7-24(25)31-27(28(34)37)35-29(38)32-26(36)16-30-35/h2-3,7-8,16-23H,4-6,9-15H2,1H3,(H,32,36,38)/t17?,18-,19+,20-,21+,22?,23?. The van der Waals surface area contributed by atoms with E-state index in [2.05, 4.69) is 26.9 Å². The van der Waals surface area contributed by atoms with E-state index in [-0.39, 0.29) is 17.4 Å². The topological polar surface area (TPSA) is 106 Å². The summed E-state index contributed by atoms with van der Waals surface area (Å²) in [7, 11) is 0. The summed E-state index contributed by atoms with van der Waals surface area (Å²) < 4.78 is 2.79. The Morgan fingerprint density at radius 3 is 2.26 bits per heavy atom. The molecule has 9 nitrogen and oxygen atoms in total. The molecule has 2 saturated heterocycles. The second-order valence-corrected chi connectivity index (χ2v) is 12.4. The molecule has 2 aliphatic carbocycles. The maximum absolute atomic E-state index is 14.0. The lowest BCUT2D eigenvalue weighted by molar-refractivity contribution is -0.0524. The summed E-state index contributed by atoms with van der Waals surface area (Å²) in [6.45, 7) is 2.43. The Balaban J connectivity index is 1.26. The van der Waals surface area contributed by atoms with Gasteiger partial charge in [0, 0.05) is 24.2 Å². The minimum Gasteiger partial charge on any atom is -0.300 e. The fourth-order valence-electron chi connectivity index (χ4n) is 8.73. The highest BCUT2D eigenvalue weighted by atomic mass is 16.2. The summed E-state index contributed by atoms with van der Waals surface area (Å²) in [5, 5.41) is 3.94. The average molecular weight is 517 g/mol. The molecule has 1 aromatic carbocycles. The minimum absolute atomic E-state index is 0.0299. The lowest BCUT2D eigenvalue weighted by Crippen LogP contribution is -2.59. The number of hydrogen-bond acceptors (Lipinski definition) is 6. The number of para-hydroxylation sites is 2. The van der Waals surface area contributed by atoms with Crippen LogP contribution in [0.1, 0.15) is 77.2 Å². The van der Waals surface area contributed by atoms with E-state index in [1.165, 1.54) is 51.4 Å². The number of H-pyrrole nitrogens is 1. The van der Waals surface area contributed by atoms with Crippen LogP contribution in [0.2, 0.25) is 0 Å². The molecule has 7 rings (SSSR count). The molecule has 2 aromatic heterocycles. The number of aromatic nitrogens is 5. The lowest BCUT2D eigenvalue weighted by atomic mass is 9.65. The number of benzene rings is 1. The van der Waals surface area contributed by atoms with E-state index in [1.807, 2.05) is 28.8 Å². The van der Waals surface area contributed by atoms with Gasteiger partial charge in [-0.25, -0.2) is 9.78 Å². The minimum atomic E-state index is -0.757. The first kappa shape index (κ1) is 24.0. The smallest absolute Gasteiger partial charge is 0.300 e. The Morgan fingerprint density at radius 2 is 1.55 bits per heavy atom. The molecule has 4 bridgehead atoms. The van der Waals surface area contributed by atoms with Gasteiger partial charge in [-0.1, -0.05) is 25.5 Å². The number of nitrogens with zero attached hydrogens (tertiary/aromatic N) is 5. The summed E-state index contributed by atoms with van der Waals surface area (Å²) in [4.78, 5) is 47.7. The zero-order valence-corrected chi connectivity index (χ0v) is 22.0. The summed E-state index contributed by atoms with van der Waals surface area (Å²) >= 11 is 0. The molecule has 0 amide bonds. The van der Waals surface area contributed by atoms with Crippen molar-refractivity contribution in [3.05, 3.63) is 61.7 Å². The van der Waals surface area contributed by atoms with Crippen molar-refractivity contribution in [2.24, 2.45) is 17.8 Å². The van der Waals surface area contributed by atoms with Crippen molar-refractivity contribution in [2.45, 2.75) is 95.3 Å². The van der Waals surface area contributed by atoms with Gasteiger partial charge < -0.3 is 4.57 Å². The van der Waals surface area contributed by atoms with Crippen LogP contribution in [0.4, 0.5) is 0 Å². The zero-order chi connectivity index (χ0) is 26.0. The molecule has 38 heavy (non-hydrogen) atoms. The molecule has 200 valence electrons. The SMILES string of the molecule is CC1C[C@@H]2CC(N3[C@@H]4CCC[C@H]3CC(n3c(=O)c(-n5ncc(=O)[nH]c5=O)nc5ccccc53)C4)C[C@H](C1)C2. The normalized spacial score (nSPS) is 33.3. The molecule has 2 aliphatic heterocycles. The number of aromatic amines is 1. The van der Waals surface area contributed by atoms with Crippen molar-refractivity contribution < 1.29 is 0 Å². The third kappa shape index (κ3) is 4.06. The predicted octanol–water partition coefficient (Wildman–Crippen LogP) is 3.40. The maximum atomic E-state index is 14.0. The zero-order valence-electron chi connectivity index (χ0n) is 22.0. The van der Waals surface area contributed by atoms with Crippen molar-refractivity contribution in [3.8, 4) is 5.82 Å². The van der Waals surface area contributed by atoms with Gasteiger partial charge in [0.15, 0.2) is 0 Å². The molecule has 4 fully saturated rings. The van der Waals surface area contributed by atoms with Gasteiger partial charge in [-0.05, 0) is 87.7 Å². The molecule has 0 radical (unpaired) electrons. The highest BCUT2D eigenvalue weighted by molar-refractivity contribution is 5.75. The molecule has 1 N–H and O–H groups in total. The Morgan fingerprint density at radius 1 is 0.842 bits per heavy atom. The first-order valence-corrected chi connectivity index (χ1v) is 14.4. The molecule has 4 heterocycles. The summed E-state index contributed by atoms with van der Waals surface area (Å²) in [5.74, 6) is 2.55. The van der Waals surface area contributed by atoms with Gasteiger partial charge in [-0.3, -0.25) is 19.5 Å². The van der Waals surface area contributed by atoms with Crippen LogP contribution >= 0.6 is 0 Å². The Hall–Kier alpha value is -3.07. The Labute approximate surface area is 220 Å². The molecule has 9 heteroatoms. The summed E-state index contributed by atoms with van der Waals surface area (Å²) in [5.41, 5.74) is -0.259. The van der Waals surface area contributed by atoms with Crippen molar-refractivity contribution >= 4 is 11.0 Å². The maximum Gasteiger partial charge on any atom is 0.351 e. The van der Waals surface area contributed by atoms with Crippen LogP contribution in [-0.2, 0) is 0 Å². The second kappa shape index (κ2) is 9.29. The van der Waals surface area contributed by atoms with Gasteiger partial charge in [0.25, 0.3) is 11.1 Å². The lowest BCUT2D eigenvalue weighted by Gasteiger charge is -2.55. The van der Waals surface area contributed by atoms with Crippen molar-refractivity contribution in [1.29, 1.82) is 0 Å². The van der Waals surface area contributed by atoms with Gasteiger partial charge in [-0.15, -0.1) is 0 Å². The van der Waals surface area contributed by atoms with Gasteiger partial charge in [0.05, 0.1) is 11.0 Å². The van der Waals surface area contributed by atoms with E-state index in [9.17, 15) is 14.4 Å². The van der Waals surface area contributed by atoms with Crippen LogP contribution in [0.15, 0.2) is 44.8 Å². The first-order chi connectivity index (χ1) is 18.4. The number of fused-ring (bicyclic) bond motifs is 5. The van der Waals surface area contributed by atoms with Crippen LogP contribution in [-0.4, -0.2) is 47.3 Å². The Bertz CT molecular complexity index is 1510. The van der Waals surface area contributed by atoms with Crippen LogP contribution < -0.4 is 16.8 Å². The average Bonchev–Trinajstić information content (AvgIpc) is 2.87. The Kier molecular flexibility index (Phi) is 5.87. The van der Waals surface area contributed by atoms with Crippen LogP contribution in [0.5, 0.6) is 0 Å². The van der Waals surface area contributed by atoms with Crippen LogP contribution in [0, 0.1) is 17.8 Å². The summed E-state index contributed by atoms with van der Waals surface area (Å²) in [6.07, 6.45) is 13.3. The second-order valence-electron chi connectivity index (χ2n) is 12.4. The molecule has 0 spiro atoms. The number of rotatable bonds is 3. The van der Waals surface area contributed by atoms with Gasteiger partial charge in [0.2, 0.25) is 5.82 Å². The van der Waals surface area contributed by atoms with E-state index in [1.54, 1.807) is 0 Å². The van der Waals surface area contributed by atoms with Crippen LogP contribution in [0.3, 0.4) is 0 Å². The molecule has 2 saturated carbocycles. The highest BCUT2D eigenvalue weighted by Gasteiger charge is 2.46. The fourth-order valence-corrected chi connectivity index (χ4v) is 8.73. The molecule has 3 aromatic rings. The fraction of sp³-hybridized carbons (Fsp3) is 0.621. The van der Waals surface area contributed by atoms with E-state index < -0.39 is 11.2 Å². The molecular weight excluding hydrogens is 480 g/mol. The van der Waals surface area contributed by atoms with E-state index in [0.717, 1.165) is 47.0 Å². The molecule has 7 atom stereocenters. The predicted molar refractivity (Wildman–Crippen MR) is 145 cm³/mol. The van der Waals surface area contributed by atoms with Crippen molar-refractivity contribution in [1.82, 2.24) is 29.2 Å². The number of hydrogen-bond donors (Lipinski definition) is 1. The first-order valence-electron chi connectivity index (χ1n) is 14.4.